The summed E-state index contributed by atoms with van der Waals surface area (Å²) < 4.78 is 5.26. The van der Waals surface area contributed by atoms with E-state index in [-0.39, 0.29) is 12.6 Å². The fraction of sp³-hybridized carbons (Fsp3) is 0.250. The normalized spacial score (nSPS) is 12.2. The van der Waals surface area contributed by atoms with Crippen molar-refractivity contribution in [2.75, 3.05) is 7.11 Å². The van der Waals surface area contributed by atoms with Crippen LogP contribution < -0.4 is 10.5 Å². The zero-order valence-electron chi connectivity index (χ0n) is 11.0. The summed E-state index contributed by atoms with van der Waals surface area (Å²) in [4.78, 5) is 0. The van der Waals surface area contributed by atoms with Gasteiger partial charge in [-0.05, 0) is 23.6 Å². The van der Waals surface area contributed by atoms with E-state index in [0.717, 1.165) is 16.7 Å². The summed E-state index contributed by atoms with van der Waals surface area (Å²) in [6.07, 6.45) is 0.678. The molecule has 100 valence electrons. The Morgan fingerprint density at radius 3 is 2.47 bits per heavy atom. The van der Waals surface area contributed by atoms with E-state index >= 15 is 0 Å². The van der Waals surface area contributed by atoms with Crippen molar-refractivity contribution in [3.63, 3.8) is 0 Å². The Bertz CT molecular complexity index is 526. The van der Waals surface area contributed by atoms with Crippen LogP contribution >= 0.6 is 0 Å². The van der Waals surface area contributed by atoms with Gasteiger partial charge in [-0.3, -0.25) is 0 Å². The van der Waals surface area contributed by atoms with Crippen molar-refractivity contribution in [1.82, 2.24) is 0 Å². The van der Waals surface area contributed by atoms with E-state index in [2.05, 4.69) is 0 Å². The lowest BCUT2D eigenvalue weighted by Crippen LogP contribution is -2.14. The highest BCUT2D eigenvalue weighted by Crippen LogP contribution is 2.25. The number of aliphatic hydroxyl groups is 1. The number of benzene rings is 2. The second-order valence-electron chi connectivity index (χ2n) is 4.48. The van der Waals surface area contributed by atoms with E-state index in [1.165, 1.54) is 0 Å². The van der Waals surface area contributed by atoms with Crippen molar-refractivity contribution in [1.29, 1.82) is 0 Å². The van der Waals surface area contributed by atoms with E-state index in [0.29, 0.717) is 12.2 Å². The molecule has 2 aromatic carbocycles. The maximum atomic E-state index is 9.49. The van der Waals surface area contributed by atoms with Gasteiger partial charge in [0.1, 0.15) is 5.75 Å². The third-order valence-electron chi connectivity index (χ3n) is 3.28. The minimum absolute atomic E-state index is 0.0408. The van der Waals surface area contributed by atoms with Crippen LogP contribution in [0.5, 0.6) is 5.75 Å². The molecule has 2 aromatic rings. The summed E-state index contributed by atoms with van der Waals surface area (Å²) >= 11 is 0. The SMILES string of the molecule is COc1cccc(CC(N)c2ccccc2)c1CO. The van der Waals surface area contributed by atoms with E-state index in [9.17, 15) is 5.11 Å². The van der Waals surface area contributed by atoms with Crippen LogP contribution in [0.4, 0.5) is 0 Å². The second-order valence-corrected chi connectivity index (χ2v) is 4.48. The number of rotatable bonds is 5. The average molecular weight is 257 g/mol. The van der Waals surface area contributed by atoms with Crippen molar-refractivity contribution in [3.8, 4) is 5.75 Å². The van der Waals surface area contributed by atoms with Gasteiger partial charge in [0.05, 0.1) is 13.7 Å². The minimum Gasteiger partial charge on any atom is -0.496 e. The number of methoxy groups -OCH3 is 1. The first-order valence-corrected chi connectivity index (χ1v) is 6.32. The topological polar surface area (TPSA) is 55.5 Å². The highest BCUT2D eigenvalue weighted by atomic mass is 16.5. The predicted molar refractivity (Wildman–Crippen MR) is 76.0 cm³/mol. The Morgan fingerprint density at radius 2 is 1.84 bits per heavy atom. The lowest BCUT2D eigenvalue weighted by Gasteiger charge is -2.16. The highest BCUT2D eigenvalue weighted by molar-refractivity contribution is 5.40. The molecule has 0 heterocycles. The first-order valence-electron chi connectivity index (χ1n) is 6.32. The van der Waals surface area contributed by atoms with Gasteiger partial charge in [-0.2, -0.15) is 0 Å². The molecule has 3 N–H and O–H groups in total. The maximum Gasteiger partial charge on any atom is 0.124 e. The molecule has 0 aromatic heterocycles. The molecular weight excluding hydrogens is 238 g/mol. The largest absolute Gasteiger partial charge is 0.496 e. The van der Waals surface area contributed by atoms with Gasteiger partial charge >= 0.3 is 0 Å². The van der Waals surface area contributed by atoms with E-state index in [4.69, 9.17) is 10.5 Å². The van der Waals surface area contributed by atoms with Crippen LogP contribution in [-0.4, -0.2) is 12.2 Å². The molecule has 0 saturated heterocycles. The third-order valence-corrected chi connectivity index (χ3v) is 3.28. The lowest BCUT2D eigenvalue weighted by atomic mass is 9.96. The maximum absolute atomic E-state index is 9.49. The summed E-state index contributed by atoms with van der Waals surface area (Å²) in [5.41, 5.74) is 9.15. The molecule has 0 amide bonds. The standard InChI is InChI=1S/C16H19NO2/c1-19-16-9-5-8-13(14(16)11-18)10-15(17)12-6-3-2-4-7-12/h2-9,15,18H,10-11,17H2,1H3. The summed E-state index contributed by atoms with van der Waals surface area (Å²) in [6.45, 7) is -0.0408. The van der Waals surface area contributed by atoms with Crippen LogP contribution in [0.15, 0.2) is 48.5 Å². The number of hydrogen-bond donors (Lipinski definition) is 2. The molecule has 0 saturated carbocycles. The Hall–Kier alpha value is -1.84. The first kappa shape index (κ1) is 13.6. The van der Waals surface area contributed by atoms with Crippen molar-refractivity contribution >= 4 is 0 Å². The van der Waals surface area contributed by atoms with Crippen LogP contribution in [-0.2, 0) is 13.0 Å². The van der Waals surface area contributed by atoms with Gasteiger partial charge < -0.3 is 15.6 Å². The third kappa shape index (κ3) is 3.13. The smallest absolute Gasteiger partial charge is 0.124 e. The van der Waals surface area contributed by atoms with Gasteiger partial charge in [-0.15, -0.1) is 0 Å². The zero-order chi connectivity index (χ0) is 13.7. The van der Waals surface area contributed by atoms with Gasteiger partial charge in [0, 0.05) is 11.6 Å². The van der Waals surface area contributed by atoms with Gasteiger partial charge in [-0.25, -0.2) is 0 Å². The highest BCUT2D eigenvalue weighted by Gasteiger charge is 2.12. The summed E-state index contributed by atoms with van der Waals surface area (Å²) in [5, 5.41) is 9.49. The molecule has 3 nitrogen and oxygen atoms in total. The fourth-order valence-electron chi connectivity index (χ4n) is 2.23. The molecule has 0 fully saturated rings. The molecule has 0 aliphatic heterocycles. The molecule has 0 radical (unpaired) electrons. The molecule has 0 aliphatic rings. The van der Waals surface area contributed by atoms with Crippen molar-refractivity contribution < 1.29 is 9.84 Å². The zero-order valence-corrected chi connectivity index (χ0v) is 11.0. The Labute approximate surface area is 113 Å². The van der Waals surface area contributed by atoms with E-state index in [1.54, 1.807) is 7.11 Å². The van der Waals surface area contributed by atoms with Gasteiger partial charge in [0.25, 0.3) is 0 Å². The van der Waals surface area contributed by atoms with Crippen LogP contribution in [0.3, 0.4) is 0 Å². The first-order chi connectivity index (χ1) is 9.26. The molecular formula is C16H19NO2. The summed E-state index contributed by atoms with van der Waals surface area (Å²) in [5.74, 6) is 0.709. The van der Waals surface area contributed by atoms with E-state index in [1.807, 2.05) is 48.5 Å². The van der Waals surface area contributed by atoms with Crippen molar-refractivity contribution in [2.24, 2.45) is 5.73 Å². The molecule has 0 spiro atoms. The molecule has 0 aliphatic carbocycles. The minimum atomic E-state index is -0.0846. The Morgan fingerprint density at radius 1 is 1.11 bits per heavy atom. The molecule has 19 heavy (non-hydrogen) atoms. The lowest BCUT2D eigenvalue weighted by molar-refractivity contribution is 0.272. The fourth-order valence-corrected chi connectivity index (χ4v) is 2.23. The van der Waals surface area contributed by atoms with Crippen LogP contribution in [0.2, 0.25) is 0 Å². The van der Waals surface area contributed by atoms with Crippen LogP contribution in [0.25, 0.3) is 0 Å². The van der Waals surface area contributed by atoms with Crippen molar-refractivity contribution in [2.45, 2.75) is 19.1 Å². The molecule has 2 rings (SSSR count). The number of nitrogens with two attached hydrogens (primary N) is 1. The molecule has 1 unspecified atom stereocenters. The van der Waals surface area contributed by atoms with Crippen molar-refractivity contribution in [3.05, 3.63) is 65.2 Å². The number of hydrogen-bond acceptors (Lipinski definition) is 3. The van der Waals surface area contributed by atoms with Gasteiger partial charge in [0.15, 0.2) is 0 Å². The van der Waals surface area contributed by atoms with E-state index < -0.39 is 0 Å². The monoisotopic (exact) mass is 257 g/mol. The quantitative estimate of drug-likeness (QED) is 0.865. The van der Waals surface area contributed by atoms with Crippen LogP contribution in [0, 0.1) is 0 Å². The molecule has 0 bridgehead atoms. The summed E-state index contributed by atoms with van der Waals surface area (Å²) in [6, 6.07) is 15.6. The van der Waals surface area contributed by atoms with Gasteiger partial charge in [0.2, 0.25) is 0 Å². The predicted octanol–water partition coefficient (Wildman–Crippen LogP) is 2.43. The Kier molecular flexibility index (Phi) is 4.55. The number of aliphatic hydroxyl groups excluding tert-OH is 1. The molecule has 3 heteroatoms. The van der Waals surface area contributed by atoms with Gasteiger partial charge in [-0.1, -0.05) is 42.5 Å². The van der Waals surface area contributed by atoms with Crippen LogP contribution in [0.1, 0.15) is 22.7 Å². The number of ether oxygens (including phenoxy) is 1. The summed E-state index contributed by atoms with van der Waals surface area (Å²) in [7, 11) is 1.61. The molecule has 1 atom stereocenters. The second kappa shape index (κ2) is 6.36. The Balaban J connectivity index is 2.24. The average Bonchev–Trinajstić information content (AvgIpc) is 2.47.